The van der Waals surface area contributed by atoms with Crippen LogP contribution in [0.25, 0.3) is 0 Å². The maximum atomic E-state index is 8.90. The first-order valence-electron chi connectivity index (χ1n) is 6.03. The molecule has 0 bridgehead atoms. The molecule has 14 heavy (non-hydrogen) atoms. The Morgan fingerprint density at radius 1 is 1.07 bits per heavy atom. The molecule has 0 aromatic rings. The lowest BCUT2D eigenvalue weighted by atomic mass is 9.66. The van der Waals surface area contributed by atoms with Gasteiger partial charge in [-0.2, -0.15) is 0 Å². The van der Waals surface area contributed by atoms with E-state index in [1.54, 1.807) is 0 Å². The lowest BCUT2D eigenvalue weighted by molar-refractivity contribution is -0.0145. The van der Waals surface area contributed by atoms with E-state index in [0.717, 1.165) is 25.6 Å². The van der Waals surface area contributed by atoms with E-state index in [4.69, 9.17) is 9.84 Å². The molecule has 0 aromatic heterocycles. The smallest absolute Gasteiger partial charge is 0.0471 e. The lowest BCUT2D eigenvalue weighted by Gasteiger charge is -2.42. The van der Waals surface area contributed by atoms with Crippen molar-refractivity contribution in [2.75, 3.05) is 19.8 Å². The van der Waals surface area contributed by atoms with Crippen LogP contribution in [0.2, 0.25) is 0 Å². The van der Waals surface area contributed by atoms with E-state index >= 15 is 0 Å². The van der Waals surface area contributed by atoms with Crippen LogP contribution < -0.4 is 0 Å². The molecule has 1 saturated carbocycles. The van der Waals surface area contributed by atoms with Crippen molar-refractivity contribution in [1.82, 2.24) is 0 Å². The molecule has 1 spiro atoms. The molecule has 0 aromatic carbocycles. The van der Waals surface area contributed by atoms with E-state index in [1.165, 1.54) is 38.5 Å². The monoisotopic (exact) mass is 198 g/mol. The van der Waals surface area contributed by atoms with Crippen molar-refractivity contribution in [3.8, 4) is 0 Å². The topological polar surface area (TPSA) is 29.5 Å². The van der Waals surface area contributed by atoms with Gasteiger partial charge < -0.3 is 9.84 Å². The minimum absolute atomic E-state index is 0.376. The molecule has 82 valence electrons. The van der Waals surface area contributed by atoms with E-state index in [1.807, 2.05) is 0 Å². The molecule has 2 heteroatoms. The van der Waals surface area contributed by atoms with E-state index in [0.29, 0.717) is 12.0 Å². The molecule has 0 amide bonds. The van der Waals surface area contributed by atoms with Gasteiger partial charge in [0.1, 0.15) is 0 Å². The minimum atomic E-state index is 0.376. The number of aliphatic hydroxyl groups is 1. The summed E-state index contributed by atoms with van der Waals surface area (Å²) >= 11 is 0. The van der Waals surface area contributed by atoms with Gasteiger partial charge in [-0.3, -0.25) is 0 Å². The fraction of sp³-hybridized carbons (Fsp3) is 1.00. The van der Waals surface area contributed by atoms with Gasteiger partial charge in [-0.25, -0.2) is 0 Å². The van der Waals surface area contributed by atoms with Crippen LogP contribution in [0.5, 0.6) is 0 Å². The van der Waals surface area contributed by atoms with E-state index in [2.05, 4.69) is 0 Å². The van der Waals surface area contributed by atoms with Gasteiger partial charge in [-0.15, -0.1) is 0 Å². The highest BCUT2D eigenvalue weighted by Gasteiger charge is 2.36. The van der Waals surface area contributed by atoms with Crippen LogP contribution in [0.15, 0.2) is 0 Å². The molecule has 2 fully saturated rings. The fourth-order valence-electron chi connectivity index (χ4n) is 3.07. The van der Waals surface area contributed by atoms with Gasteiger partial charge in [0.05, 0.1) is 0 Å². The summed E-state index contributed by atoms with van der Waals surface area (Å²) in [6.45, 7) is 2.33. The van der Waals surface area contributed by atoms with Crippen molar-refractivity contribution in [2.24, 2.45) is 11.3 Å². The number of aliphatic hydroxyl groups excluding tert-OH is 1. The third-order valence-electron chi connectivity index (χ3n) is 4.26. The number of rotatable bonds is 2. The molecule has 2 nitrogen and oxygen atoms in total. The zero-order valence-corrected chi connectivity index (χ0v) is 9.00. The molecule has 1 aliphatic carbocycles. The lowest BCUT2D eigenvalue weighted by Crippen LogP contribution is -2.33. The highest BCUT2D eigenvalue weighted by molar-refractivity contribution is 4.87. The second-order valence-corrected chi connectivity index (χ2v) is 5.07. The van der Waals surface area contributed by atoms with Crippen molar-refractivity contribution in [3.05, 3.63) is 0 Å². The third-order valence-corrected chi connectivity index (χ3v) is 4.26. The van der Waals surface area contributed by atoms with E-state index < -0.39 is 0 Å². The zero-order chi connectivity index (χ0) is 9.86. The summed E-state index contributed by atoms with van der Waals surface area (Å²) in [5.41, 5.74) is 0.629. The molecule has 0 unspecified atom stereocenters. The summed E-state index contributed by atoms with van der Waals surface area (Å²) in [4.78, 5) is 0. The number of hydrogen-bond acceptors (Lipinski definition) is 2. The highest BCUT2D eigenvalue weighted by atomic mass is 16.5. The summed E-state index contributed by atoms with van der Waals surface area (Å²) < 4.78 is 5.43. The second-order valence-electron chi connectivity index (χ2n) is 5.07. The molecule has 1 aliphatic heterocycles. The van der Waals surface area contributed by atoms with Crippen molar-refractivity contribution in [2.45, 2.75) is 44.9 Å². The standard InChI is InChI=1S/C12H22O2/c13-8-3-11-1-4-12(5-2-11)6-9-14-10-7-12/h11,13H,1-10H2. The molecular weight excluding hydrogens is 176 g/mol. The highest BCUT2D eigenvalue weighted by Crippen LogP contribution is 2.46. The summed E-state index contributed by atoms with van der Waals surface area (Å²) in [6.07, 6.45) is 8.99. The fourth-order valence-corrected chi connectivity index (χ4v) is 3.07. The largest absolute Gasteiger partial charge is 0.396 e. The molecule has 1 N–H and O–H groups in total. The maximum Gasteiger partial charge on any atom is 0.0471 e. The predicted octanol–water partition coefficient (Wildman–Crippen LogP) is 2.36. The van der Waals surface area contributed by atoms with Crippen LogP contribution in [0.3, 0.4) is 0 Å². The maximum absolute atomic E-state index is 8.90. The van der Waals surface area contributed by atoms with Crippen molar-refractivity contribution in [1.29, 1.82) is 0 Å². The first kappa shape index (κ1) is 10.4. The van der Waals surface area contributed by atoms with Gasteiger partial charge in [0.2, 0.25) is 0 Å². The van der Waals surface area contributed by atoms with E-state index in [-0.39, 0.29) is 0 Å². The van der Waals surface area contributed by atoms with Crippen LogP contribution in [0.1, 0.15) is 44.9 Å². The minimum Gasteiger partial charge on any atom is -0.396 e. The van der Waals surface area contributed by atoms with Gasteiger partial charge >= 0.3 is 0 Å². The molecule has 2 rings (SSSR count). The van der Waals surface area contributed by atoms with Gasteiger partial charge in [0, 0.05) is 19.8 Å². The normalized spacial score (nSPS) is 28.1. The summed E-state index contributed by atoms with van der Waals surface area (Å²) in [5.74, 6) is 0.800. The molecule has 1 saturated heterocycles. The zero-order valence-electron chi connectivity index (χ0n) is 9.00. The van der Waals surface area contributed by atoms with Gasteiger partial charge in [-0.1, -0.05) is 0 Å². The van der Waals surface area contributed by atoms with Gasteiger partial charge in [0.25, 0.3) is 0 Å². The Morgan fingerprint density at radius 2 is 1.71 bits per heavy atom. The van der Waals surface area contributed by atoms with Crippen molar-refractivity contribution < 1.29 is 9.84 Å². The summed E-state index contributed by atoms with van der Waals surface area (Å²) in [5, 5.41) is 8.90. The van der Waals surface area contributed by atoms with Gasteiger partial charge in [0.15, 0.2) is 0 Å². The van der Waals surface area contributed by atoms with E-state index in [9.17, 15) is 0 Å². The Morgan fingerprint density at radius 3 is 2.29 bits per heavy atom. The number of hydrogen-bond donors (Lipinski definition) is 1. The average Bonchev–Trinajstić information content (AvgIpc) is 2.24. The Kier molecular flexibility index (Phi) is 3.45. The average molecular weight is 198 g/mol. The first-order valence-corrected chi connectivity index (χ1v) is 6.03. The van der Waals surface area contributed by atoms with Crippen LogP contribution in [0, 0.1) is 11.3 Å². The Labute approximate surface area is 86.6 Å². The van der Waals surface area contributed by atoms with Crippen LogP contribution in [-0.2, 0) is 4.74 Å². The molecule has 0 atom stereocenters. The SMILES string of the molecule is OCCC1CCC2(CCOCC2)CC1. The molecule has 2 aliphatic rings. The predicted molar refractivity (Wildman–Crippen MR) is 56.1 cm³/mol. The Bertz CT molecular complexity index is 163. The Hall–Kier alpha value is -0.0800. The third kappa shape index (κ3) is 2.29. The second kappa shape index (κ2) is 4.63. The number of ether oxygens (including phenoxy) is 1. The van der Waals surface area contributed by atoms with Gasteiger partial charge in [-0.05, 0) is 56.3 Å². The van der Waals surface area contributed by atoms with Crippen LogP contribution >= 0.6 is 0 Å². The van der Waals surface area contributed by atoms with Crippen LogP contribution in [0.4, 0.5) is 0 Å². The van der Waals surface area contributed by atoms with Crippen molar-refractivity contribution in [3.63, 3.8) is 0 Å². The molecule has 0 radical (unpaired) electrons. The Balaban J connectivity index is 1.81. The molecule has 1 heterocycles. The first-order chi connectivity index (χ1) is 6.85. The summed E-state index contributed by atoms with van der Waals surface area (Å²) in [7, 11) is 0. The summed E-state index contributed by atoms with van der Waals surface area (Å²) in [6, 6.07) is 0. The van der Waals surface area contributed by atoms with Crippen molar-refractivity contribution >= 4 is 0 Å². The molecular formula is C12H22O2. The quantitative estimate of drug-likeness (QED) is 0.738. The van der Waals surface area contributed by atoms with Crippen LogP contribution in [-0.4, -0.2) is 24.9 Å².